The fraction of sp³-hybridized carbons (Fsp3) is 0.808. The Morgan fingerprint density at radius 3 is 2.65 bits per heavy atom. The molecule has 4 aliphatic rings. The molecule has 0 spiro atoms. The van der Waals surface area contributed by atoms with Crippen molar-refractivity contribution in [2.45, 2.75) is 94.9 Å². The van der Waals surface area contributed by atoms with Crippen LogP contribution in [0.1, 0.15) is 77.6 Å². The lowest BCUT2D eigenvalue weighted by molar-refractivity contribution is -0.699. The number of epoxide rings is 1. The first-order chi connectivity index (χ1) is 16.4. The number of rotatable bonds is 10. The van der Waals surface area contributed by atoms with Gasteiger partial charge in [0.15, 0.2) is 17.2 Å². The zero-order valence-electron chi connectivity index (χ0n) is 20.4. The highest BCUT2D eigenvalue weighted by atomic mass is 16.7. The van der Waals surface area contributed by atoms with E-state index in [0.29, 0.717) is 31.6 Å². The van der Waals surface area contributed by atoms with Crippen LogP contribution in [0.2, 0.25) is 0 Å². The zero-order chi connectivity index (χ0) is 24.3. The van der Waals surface area contributed by atoms with Crippen LogP contribution in [0, 0.1) is 17.8 Å². The Bertz CT molecular complexity index is 828. The number of ether oxygens (including phenoxy) is 2. The average molecular weight is 478 g/mol. The van der Waals surface area contributed by atoms with Gasteiger partial charge in [-0.1, -0.05) is 24.5 Å². The molecule has 4 fully saturated rings. The van der Waals surface area contributed by atoms with E-state index in [2.05, 4.69) is 5.32 Å². The van der Waals surface area contributed by atoms with Gasteiger partial charge < -0.3 is 19.9 Å². The molecule has 2 saturated heterocycles. The molecule has 2 aliphatic carbocycles. The minimum Gasteiger partial charge on any atom is -0.463 e. The van der Waals surface area contributed by atoms with E-state index in [1.807, 2.05) is 13.0 Å². The quantitative estimate of drug-likeness (QED) is 0.141. The van der Waals surface area contributed by atoms with Crippen molar-refractivity contribution in [1.82, 2.24) is 0 Å². The molecule has 5 N–H and O–H groups in total. The second kappa shape index (κ2) is 10.6. The van der Waals surface area contributed by atoms with Crippen molar-refractivity contribution >= 4 is 17.5 Å². The van der Waals surface area contributed by atoms with Gasteiger partial charge in [0.2, 0.25) is 0 Å². The summed E-state index contributed by atoms with van der Waals surface area (Å²) in [6, 6.07) is 0. The van der Waals surface area contributed by atoms with Gasteiger partial charge in [-0.05, 0) is 57.8 Å². The summed E-state index contributed by atoms with van der Waals surface area (Å²) < 4.78 is 11.4. The molecule has 0 bridgehead atoms. The van der Waals surface area contributed by atoms with Crippen molar-refractivity contribution in [2.24, 2.45) is 23.5 Å². The molecule has 0 aromatic heterocycles. The molecular weight excluding hydrogens is 436 g/mol. The van der Waals surface area contributed by atoms with Crippen LogP contribution < -0.4 is 11.1 Å². The van der Waals surface area contributed by atoms with Crippen molar-refractivity contribution in [2.75, 3.05) is 19.8 Å². The van der Waals surface area contributed by atoms with Crippen LogP contribution in [0.4, 0.5) is 0 Å². The van der Waals surface area contributed by atoms with Crippen LogP contribution in [0.3, 0.4) is 0 Å². The average Bonchev–Trinajstić information content (AvgIpc) is 3.55. The second-order valence-corrected chi connectivity index (χ2v) is 10.8. The summed E-state index contributed by atoms with van der Waals surface area (Å²) in [5.41, 5.74) is 4.01. The third kappa shape index (κ3) is 4.62. The topological polar surface area (TPSA) is 136 Å². The van der Waals surface area contributed by atoms with Crippen LogP contribution in [0.25, 0.3) is 0 Å². The first-order valence-electron chi connectivity index (χ1n) is 13.2. The summed E-state index contributed by atoms with van der Waals surface area (Å²) in [6.07, 6.45) is 10.7. The molecule has 4 rings (SSSR count). The summed E-state index contributed by atoms with van der Waals surface area (Å²) in [6.45, 7) is 3.22. The van der Waals surface area contributed by atoms with Crippen molar-refractivity contribution in [3.8, 4) is 0 Å². The van der Waals surface area contributed by atoms with Crippen LogP contribution >= 0.6 is 0 Å². The number of hydrogen-bond acceptors (Lipinski definition) is 7. The lowest BCUT2D eigenvalue weighted by atomic mass is 9.61. The predicted molar refractivity (Wildman–Crippen MR) is 124 cm³/mol. The van der Waals surface area contributed by atoms with Gasteiger partial charge in [-0.15, -0.1) is 0 Å². The fourth-order valence-electron chi connectivity index (χ4n) is 6.36. The van der Waals surface area contributed by atoms with Gasteiger partial charge in [0.1, 0.15) is 6.17 Å². The van der Waals surface area contributed by atoms with Crippen molar-refractivity contribution in [3.63, 3.8) is 0 Å². The van der Waals surface area contributed by atoms with Gasteiger partial charge in [0.25, 0.3) is 5.60 Å². The Morgan fingerprint density at radius 1 is 1.21 bits per heavy atom. The van der Waals surface area contributed by atoms with Crippen molar-refractivity contribution in [1.29, 1.82) is 0 Å². The molecule has 8 heteroatoms. The zero-order valence-corrected chi connectivity index (χ0v) is 20.4. The largest absolute Gasteiger partial charge is 0.463 e. The Hall–Kier alpha value is -1.61. The lowest BCUT2D eigenvalue weighted by Gasteiger charge is -2.36. The molecule has 2 heterocycles. The second-order valence-electron chi connectivity index (χ2n) is 10.8. The van der Waals surface area contributed by atoms with Crippen molar-refractivity contribution < 1.29 is 34.3 Å². The van der Waals surface area contributed by atoms with E-state index in [9.17, 15) is 14.4 Å². The summed E-state index contributed by atoms with van der Waals surface area (Å²) in [7, 11) is 0. The number of Topliss-reactive ketones (excluding diaryl/α,β-unsaturated/α-hetero) is 2. The number of piperidine rings is 1. The number of fused-ring (bicyclic) bond motifs is 2. The highest BCUT2D eigenvalue weighted by Crippen LogP contribution is 2.61. The fourth-order valence-corrected chi connectivity index (χ4v) is 6.36. The van der Waals surface area contributed by atoms with E-state index >= 15 is 0 Å². The van der Waals surface area contributed by atoms with E-state index in [1.165, 1.54) is 0 Å². The number of allylic oxidation sites excluding steroid dienone is 1. The van der Waals surface area contributed by atoms with E-state index in [-0.39, 0.29) is 43.3 Å². The molecule has 2 aliphatic heterocycles. The smallest absolute Gasteiger partial charge is 0.349 e. The number of carbonyl (C=O) groups is 3. The summed E-state index contributed by atoms with van der Waals surface area (Å²) in [4.78, 5) is 40.4. The Kier molecular flexibility index (Phi) is 7.92. The molecule has 190 valence electrons. The van der Waals surface area contributed by atoms with E-state index in [4.69, 9.17) is 20.3 Å². The maximum absolute atomic E-state index is 13.6. The number of quaternary nitrogens is 1. The number of carbonyl (C=O) groups excluding carboxylic acids is 3. The maximum Gasteiger partial charge on any atom is 0.349 e. The highest BCUT2D eigenvalue weighted by molar-refractivity contribution is 6.23. The Balaban J connectivity index is 1.47. The first kappa shape index (κ1) is 25.5. The van der Waals surface area contributed by atoms with Crippen LogP contribution in [0.15, 0.2) is 11.6 Å². The first-order valence-corrected chi connectivity index (χ1v) is 13.2. The summed E-state index contributed by atoms with van der Waals surface area (Å²) >= 11 is 0. The third-order valence-electron chi connectivity index (χ3n) is 8.45. The number of hydrogen-bond donors (Lipinski definition) is 3. The highest BCUT2D eigenvalue weighted by Gasteiger charge is 2.86. The van der Waals surface area contributed by atoms with E-state index in [1.54, 1.807) is 0 Å². The van der Waals surface area contributed by atoms with Gasteiger partial charge >= 0.3 is 5.97 Å². The minimum absolute atomic E-state index is 0.0133. The summed E-state index contributed by atoms with van der Waals surface area (Å²) in [5, 5.41) is 11.2. The molecule has 6 atom stereocenters. The minimum atomic E-state index is -1.79. The molecule has 2 saturated carbocycles. The molecule has 0 aromatic carbocycles. The molecule has 8 nitrogen and oxygen atoms in total. The molecule has 6 unspecified atom stereocenters. The molecule has 0 radical (unpaired) electrons. The van der Waals surface area contributed by atoms with Crippen molar-refractivity contribution in [3.05, 3.63) is 11.6 Å². The van der Waals surface area contributed by atoms with E-state index < -0.39 is 23.1 Å². The number of esters is 1. The number of aliphatic hydroxyl groups is 1. The number of ketones is 2. The molecule has 34 heavy (non-hydrogen) atoms. The van der Waals surface area contributed by atoms with Gasteiger partial charge in [-0.25, -0.2) is 4.79 Å². The van der Waals surface area contributed by atoms with Gasteiger partial charge in [-0.2, -0.15) is 0 Å². The van der Waals surface area contributed by atoms with Crippen LogP contribution in [-0.2, 0) is 23.9 Å². The normalized spacial score (nSPS) is 37.7. The van der Waals surface area contributed by atoms with E-state index in [0.717, 1.165) is 50.6 Å². The lowest BCUT2D eigenvalue weighted by Crippen LogP contribution is -2.94. The predicted octanol–water partition coefficient (Wildman–Crippen LogP) is 1.14. The van der Waals surface area contributed by atoms with Crippen LogP contribution in [0.5, 0.6) is 0 Å². The standard InChI is InChI=1S/C26H40N2O6/c1-17(8-9-18-11-13-28-21(27)16-18)10-12-25-22(30)19-6-2-3-7-20(19)23(31)26(25,34-25)24(32)33-15-5-4-14-29/h10,18-21,28-29H,2-9,11-16,27H2,1H3/p+1. The molecular formula is C26H41N2O6+. The van der Waals surface area contributed by atoms with Gasteiger partial charge in [0, 0.05) is 31.3 Å². The number of aliphatic hydroxyl groups excluding tert-OH is 1. The maximum atomic E-state index is 13.6. The van der Waals surface area contributed by atoms with Gasteiger partial charge in [0.05, 0.1) is 13.2 Å². The summed E-state index contributed by atoms with van der Waals surface area (Å²) in [5.74, 6) is -1.28. The Labute approximate surface area is 202 Å². The van der Waals surface area contributed by atoms with Crippen LogP contribution in [-0.4, -0.2) is 59.8 Å². The van der Waals surface area contributed by atoms with Gasteiger partial charge in [-0.3, -0.25) is 15.3 Å². The molecule has 0 amide bonds. The third-order valence-corrected chi connectivity index (χ3v) is 8.45. The molecule has 0 aromatic rings. The monoisotopic (exact) mass is 477 g/mol. The number of unbranched alkanes of at least 4 members (excludes halogenated alkanes) is 1. The Morgan fingerprint density at radius 2 is 1.94 bits per heavy atom. The SMILES string of the molecule is CC(=CCC12OC1(C(=O)OCCCCO)C(=O)C1CCCCC1C2=O)CCC1CC[NH2+]C(N)C1. The number of nitrogens with two attached hydrogens (primary N) is 2.